The van der Waals surface area contributed by atoms with Crippen molar-refractivity contribution in [2.24, 2.45) is 23.3 Å². The summed E-state index contributed by atoms with van der Waals surface area (Å²) in [4.78, 5) is 37.1. The lowest BCUT2D eigenvalue weighted by Crippen LogP contribution is -2.56. The van der Waals surface area contributed by atoms with Gasteiger partial charge in [-0.3, -0.25) is 14.4 Å². The number of carbonyl (C=O) groups is 3. The topological polar surface area (TPSA) is 148 Å². The molecule has 0 unspecified atom stereocenters. The number of carbonyl (C=O) groups excluding carboxylic acids is 3. The number of hydrogen-bond donors (Lipinski definition) is 5. The molecule has 7 N–H and O–H groups in total. The van der Waals surface area contributed by atoms with Crippen molar-refractivity contribution in [2.75, 3.05) is 0 Å². The van der Waals surface area contributed by atoms with E-state index in [1.807, 2.05) is 50.3 Å². The van der Waals surface area contributed by atoms with E-state index >= 15 is 0 Å². The van der Waals surface area contributed by atoms with Gasteiger partial charge in [0.25, 0.3) is 0 Å². The molecule has 1 rings (SSSR count). The average Bonchev–Trinajstić information content (AvgIpc) is 2.62. The van der Waals surface area contributed by atoms with Crippen molar-refractivity contribution < 1.29 is 19.5 Å². The second-order valence-corrected chi connectivity index (χ2v) is 9.54. The van der Waals surface area contributed by atoms with Gasteiger partial charge in [0.1, 0.15) is 17.8 Å². The highest BCUT2D eigenvalue weighted by molar-refractivity contribution is 14.1. The van der Waals surface area contributed by atoms with Gasteiger partial charge in [0.05, 0.1) is 9.61 Å². The van der Waals surface area contributed by atoms with Crippen LogP contribution in [-0.4, -0.2) is 41.0 Å². The SMILES string of the molecule is CC(C)C[C@H](NC(=O)[C@H](CC(C)C)NC(=O)[C@@H](N)Cc1ccc(O)c(I)c1)C(N)=O. The van der Waals surface area contributed by atoms with Crippen LogP contribution in [0, 0.1) is 15.4 Å². The van der Waals surface area contributed by atoms with Gasteiger partial charge in [-0.1, -0.05) is 33.8 Å². The Balaban J connectivity index is 2.83. The van der Waals surface area contributed by atoms with E-state index < -0.39 is 35.8 Å². The standard InChI is InChI=1S/C21H33IN4O4/c1-11(2)7-16(19(24)28)25-21(30)17(8-12(3)4)26-20(29)15(23)10-13-5-6-18(27)14(22)9-13/h5-6,9,11-12,15-17,27H,7-8,10,23H2,1-4H3,(H2,24,28)(H,25,30)(H,26,29)/t15-,16-,17-/m0/s1. The van der Waals surface area contributed by atoms with Crippen LogP contribution in [-0.2, 0) is 20.8 Å². The van der Waals surface area contributed by atoms with Gasteiger partial charge < -0.3 is 27.2 Å². The largest absolute Gasteiger partial charge is 0.507 e. The fourth-order valence-corrected chi connectivity index (χ4v) is 3.58. The number of nitrogens with one attached hydrogen (secondary N) is 2. The molecule has 0 fully saturated rings. The summed E-state index contributed by atoms with van der Waals surface area (Å²) in [6.07, 6.45) is 1.08. The normalized spacial score (nSPS) is 14.3. The Morgan fingerprint density at radius 3 is 2.03 bits per heavy atom. The molecule has 3 amide bonds. The van der Waals surface area contributed by atoms with Crippen LogP contribution in [0.3, 0.4) is 0 Å². The first-order valence-corrected chi connectivity index (χ1v) is 11.1. The Morgan fingerprint density at radius 1 is 1.00 bits per heavy atom. The first kappa shape index (κ1) is 26.2. The molecule has 0 saturated carbocycles. The van der Waals surface area contributed by atoms with Crippen LogP contribution in [0.25, 0.3) is 0 Å². The molecule has 168 valence electrons. The third-order valence-corrected chi connectivity index (χ3v) is 5.38. The predicted molar refractivity (Wildman–Crippen MR) is 124 cm³/mol. The fourth-order valence-electron chi connectivity index (χ4n) is 3.00. The number of rotatable bonds is 11. The highest BCUT2D eigenvalue weighted by Gasteiger charge is 2.28. The van der Waals surface area contributed by atoms with Crippen molar-refractivity contribution in [1.82, 2.24) is 10.6 Å². The highest BCUT2D eigenvalue weighted by Crippen LogP contribution is 2.20. The van der Waals surface area contributed by atoms with Crippen molar-refractivity contribution >= 4 is 40.3 Å². The lowest BCUT2D eigenvalue weighted by Gasteiger charge is -2.25. The minimum atomic E-state index is -0.865. The van der Waals surface area contributed by atoms with E-state index in [-0.39, 0.29) is 24.0 Å². The maximum Gasteiger partial charge on any atom is 0.243 e. The van der Waals surface area contributed by atoms with Crippen LogP contribution in [0.15, 0.2) is 18.2 Å². The summed E-state index contributed by atoms with van der Waals surface area (Å²) in [5.41, 5.74) is 12.3. The van der Waals surface area contributed by atoms with Gasteiger partial charge in [-0.05, 0) is 71.4 Å². The van der Waals surface area contributed by atoms with Gasteiger partial charge in [0.15, 0.2) is 0 Å². The molecule has 0 heterocycles. The molecular formula is C21H33IN4O4. The summed E-state index contributed by atoms with van der Waals surface area (Å²) in [5.74, 6) is -1.05. The zero-order valence-electron chi connectivity index (χ0n) is 17.9. The summed E-state index contributed by atoms with van der Waals surface area (Å²) in [6.45, 7) is 7.73. The second kappa shape index (κ2) is 12.1. The smallest absolute Gasteiger partial charge is 0.243 e. The van der Waals surface area contributed by atoms with Crippen molar-refractivity contribution in [3.63, 3.8) is 0 Å². The molecule has 0 spiro atoms. The zero-order valence-corrected chi connectivity index (χ0v) is 20.1. The molecule has 0 aliphatic rings. The minimum absolute atomic E-state index is 0.132. The molecule has 0 aromatic heterocycles. The number of aromatic hydroxyl groups is 1. The van der Waals surface area contributed by atoms with E-state index in [1.54, 1.807) is 18.2 Å². The van der Waals surface area contributed by atoms with E-state index in [2.05, 4.69) is 10.6 Å². The molecule has 0 bridgehead atoms. The first-order chi connectivity index (χ1) is 13.9. The summed E-state index contributed by atoms with van der Waals surface area (Å²) >= 11 is 2.00. The van der Waals surface area contributed by atoms with Gasteiger partial charge in [0.2, 0.25) is 17.7 Å². The number of phenolic OH excluding ortho intramolecular Hbond substituents is 1. The van der Waals surface area contributed by atoms with Gasteiger partial charge in [-0.2, -0.15) is 0 Å². The Morgan fingerprint density at radius 2 is 1.53 bits per heavy atom. The third kappa shape index (κ3) is 8.86. The van der Waals surface area contributed by atoms with Crippen LogP contribution in [0.1, 0.15) is 46.1 Å². The fraction of sp³-hybridized carbons (Fsp3) is 0.571. The third-order valence-electron chi connectivity index (χ3n) is 4.51. The predicted octanol–water partition coefficient (Wildman–Crippen LogP) is 1.41. The van der Waals surface area contributed by atoms with Gasteiger partial charge in [0, 0.05) is 0 Å². The Kier molecular flexibility index (Phi) is 10.5. The van der Waals surface area contributed by atoms with Crippen LogP contribution < -0.4 is 22.1 Å². The van der Waals surface area contributed by atoms with Crippen LogP contribution in [0.4, 0.5) is 0 Å². The second-order valence-electron chi connectivity index (χ2n) is 8.38. The Bertz CT molecular complexity index is 755. The number of hydrogen-bond acceptors (Lipinski definition) is 5. The Labute approximate surface area is 191 Å². The minimum Gasteiger partial charge on any atom is -0.507 e. The molecular weight excluding hydrogens is 499 g/mol. The summed E-state index contributed by atoms with van der Waals surface area (Å²) in [5, 5.41) is 15.0. The molecule has 1 aromatic rings. The maximum absolute atomic E-state index is 12.8. The number of primary amides is 1. The van der Waals surface area contributed by atoms with E-state index in [0.29, 0.717) is 16.4 Å². The lowest BCUT2D eigenvalue weighted by atomic mass is 9.99. The zero-order chi connectivity index (χ0) is 23.0. The van der Waals surface area contributed by atoms with Crippen LogP contribution >= 0.6 is 22.6 Å². The average molecular weight is 532 g/mol. The molecule has 1 aromatic carbocycles. The van der Waals surface area contributed by atoms with Crippen molar-refractivity contribution in [2.45, 2.75) is 65.1 Å². The van der Waals surface area contributed by atoms with Crippen molar-refractivity contribution in [3.8, 4) is 5.75 Å². The summed E-state index contributed by atoms with van der Waals surface area (Å²) in [6, 6.07) is 2.52. The molecule has 0 aliphatic heterocycles. The van der Waals surface area contributed by atoms with E-state index in [0.717, 1.165) is 5.56 Å². The van der Waals surface area contributed by atoms with Crippen molar-refractivity contribution in [1.29, 1.82) is 0 Å². The Hall–Kier alpha value is -1.88. The van der Waals surface area contributed by atoms with Gasteiger partial charge in [-0.25, -0.2) is 0 Å². The van der Waals surface area contributed by atoms with E-state index in [1.165, 1.54) is 0 Å². The highest BCUT2D eigenvalue weighted by atomic mass is 127. The maximum atomic E-state index is 12.8. The lowest BCUT2D eigenvalue weighted by molar-refractivity contribution is -0.132. The number of nitrogens with two attached hydrogens (primary N) is 2. The molecule has 0 saturated heterocycles. The molecule has 0 radical (unpaired) electrons. The first-order valence-electron chi connectivity index (χ1n) is 10.0. The van der Waals surface area contributed by atoms with Crippen molar-refractivity contribution in [3.05, 3.63) is 27.3 Å². The molecule has 0 aliphatic carbocycles. The molecule has 3 atom stereocenters. The van der Waals surface area contributed by atoms with Gasteiger partial charge >= 0.3 is 0 Å². The van der Waals surface area contributed by atoms with Crippen LogP contribution in [0.5, 0.6) is 5.75 Å². The molecule has 9 heteroatoms. The summed E-state index contributed by atoms with van der Waals surface area (Å²) in [7, 11) is 0. The molecule has 30 heavy (non-hydrogen) atoms. The van der Waals surface area contributed by atoms with E-state index in [9.17, 15) is 19.5 Å². The van der Waals surface area contributed by atoms with Gasteiger partial charge in [-0.15, -0.1) is 0 Å². The molecule has 8 nitrogen and oxygen atoms in total. The number of amides is 3. The quantitative estimate of drug-likeness (QED) is 0.274. The number of halogens is 1. The monoisotopic (exact) mass is 532 g/mol. The number of phenols is 1. The number of benzene rings is 1. The summed E-state index contributed by atoms with van der Waals surface area (Å²) < 4.78 is 0.664. The van der Waals surface area contributed by atoms with E-state index in [4.69, 9.17) is 11.5 Å². The van der Waals surface area contributed by atoms with Crippen LogP contribution in [0.2, 0.25) is 0 Å².